The number of carboxylic acids is 1. The van der Waals surface area contributed by atoms with Crippen LogP contribution in [0.2, 0.25) is 0 Å². The van der Waals surface area contributed by atoms with E-state index < -0.39 is 12.0 Å². The molecule has 2 atom stereocenters. The van der Waals surface area contributed by atoms with E-state index in [2.05, 4.69) is 5.32 Å². The van der Waals surface area contributed by atoms with E-state index in [0.717, 1.165) is 6.42 Å². The molecule has 0 aromatic heterocycles. The third-order valence-corrected chi connectivity index (χ3v) is 2.31. The second-order valence-electron chi connectivity index (χ2n) is 4.50. The number of rotatable bonds is 7. The standard InChI is InChI=1S/C11H22N2O3/c1-7(2)10(11(15)16)13-9(14)6-4-5-8(3)12/h7-8,10H,4-6,12H2,1-3H3,(H,13,14)(H,15,16). The second kappa shape index (κ2) is 7.22. The zero-order chi connectivity index (χ0) is 12.7. The largest absolute Gasteiger partial charge is 0.480 e. The molecule has 16 heavy (non-hydrogen) atoms. The van der Waals surface area contributed by atoms with Gasteiger partial charge in [0.15, 0.2) is 0 Å². The topological polar surface area (TPSA) is 92.4 Å². The van der Waals surface area contributed by atoms with E-state index in [4.69, 9.17) is 10.8 Å². The molecule has 4 N–H and O–H groups in total. The highest BCUT2D eigenvalue weighted by Gasteiger charge is 2.22. The highest BCUT2D eigenvalue weighted by Crippen LogP contribution is 2.04. The van der Waals surface area contributed by atoms with E-state index >= 15 is 0 Å². The first-order valence-electron chi connectivity index (χ1n) is 5.62. The fourth-order valence-electron chi connectivity index (χ4n) is 1.34. The molecule has 0 heterocycles. The number of aliphatic carboxylic acids is 1. The summed E-state index contributed by atoms with van der Waals surface area (Å²) in [7, 11) is 0. The fourth-order valence-corrected chi connectivity index (χ4v) is 1.34. The van der Waals surface area contributed by atoms with Gasteiger partial charge in [0.25, 0.3) is 0 Å². The van der Waals surface area contributed by atoms with Gasteiger partial charge in [-0.15, -0.1) is 0 Å². The molecule has 0 bridgehead atoms. The lowest BCUT2D eigenvalue weighted by Gasteiger charge is -2.17. The van der Waals surface area contributed by atoms with Crippen molar-refractivity contribution in [3.63, 3.8) is 0 Å². The van der Waals surface area contributed by atoms with Crippen molar-refractivity contribution in [1.82, 2.24) is 5.32 Å². The maximum absolute atomic E-state index is 11.4. The van der Waals surface area contributed by atoms with Crippen molar-refractivity contribution in [2.45, 2.75) is 52.1 Å². The summed E-state index contributed by atoms with van der Waals surface area (Å²) in [6.07, 6.45) is 1.79. The second-order valence-corrected chi connectivity index (χ2v) is 4.50. The van der Waals surface area contributed by atoms with Crippen LogP contribution in [-0.2, 0) is 9.59 Å². The highest BCUT2D eigenvalue weighted by atomic mass is 16.4. The summed E-state index contributed by atoms with van der Waals surface area (Å²) in [5.74, 6) is -1.33. The Morgan fingerprint density at radius 2 is 1.88 bits per heavy atom. The van der Waals surface area contributed by atoms with Crippen LogP contribution in [0.25, 0.3) is 0 Å². The molecule has 0 rings (SSSR count). The molecule has 5 heteroatoms. The molecule has 94 valence electrons. The molecule has 0 aliphatic rings. The Labute approximate surface area is 96.4 Å². The minimum absolute atomic E-state index is 0.0770. The van der Waals surface area contributed by atoms with E-state index in [1.54, 1.807) is 13.8 Å². The van der Waals surface area contributed by atoms with Crippen molar-refractivity contribution < 1.29 is 14.7 Å². The molecule has 0 aliphatic carbocycles. The molecule has 0 aromatic rings. The minimum Gasteiger partial charge on any atom is -0.480 e. The number of nitrogens with one attached hydrogen (secondary N) is 1. The van der Waals surface area contributed by atoms with E-state index in [0.29, 0.717) is 12.8 Å². The molecule has 0 aromatic carbocycles. The van der Waals surface area contributed by atoms with E-state index in [1.807, 2.05) is 6.92 Å². The van der Waals surface area contributed by atoms with Crippen LogP contribution in [0.3, 0.4) is 0 Å². The van der Waals surface area contributed by atoms with Crippen molar-refractivity contribution in [2.24, 2.45) is 11.7 Å². The van der Waals surface area contributed by atoms with Gasteiger partial charge in [-0.2, -0.15) is 0 Å². The van der Waals surface area contributed by atoms with Crippen LogP contribution in [0.15, 0.2) is 0 Å². The predicted octanol–water partition coefficient (Wildman–Crippen LogP) is 0.729. The van der Waals surface area contributed by atoms with Gasteiger partial charge in [0.2, 0.25) is 5.91 Å². The van der Waals surface area contributed by atoms with Crippen LogP contribution in [0.1, 0.15) is 40.0 Å². The molecule has 1 amide bonds. The van der Waals surface area contributed by atoms with Gasteiger partial charge in [0.05, 0.1) is 0 Å². The fraction of sp³-hybridized carbons (Fsp3) is 0.818. The molecular formula is C11H22N2O3. The van der Waals surface area contributed by atoms with Crippen molar-refractivity contribution in [3.8, 4) is 0 Å². The number of amides is 1. The smallest absolute Gasteiger partial charge is 0.326 e. The molecule has 0 saturated carbocycles. The quantitative estimate of drug-likeness (QED) is 0.601. The average Bonchev–Trinajstić information content (AvgIpc) is 2.12. The van der Waals surface area contributed by atoms with Gasteiger partial charge in [0.1, 0.15) is 6.04 Å². The van der Waals surface area contributed by atoms with Crippen LogP contribution < -0.4 is 11.1 Å². The van der Waals surface area contributed by atoms with E-state index in [1.165, 1.54) is 0 Å². The Balaban J connectivity index is 3.97. The van der Waals surface area contributed by atoms with Crippen LogP contribution in [0.4, 0.5) is 0 Å². The Bertz CT molecular complexity index is 239. The molecular weight excluding hydrogens is 208 g/mol. The van der Waals surface area contributed by atoms with E-state index in [-0.39, 0.29) is 17.9 Å². The zero-order valence-corrected chi connectivity index (χ0v) is 10.2. The molecule has 5 nitrogen and oxygen atoms in total. The van der Waals surface area contributed by atoms with Gasteiger partial charge >= 0.3 is 5.97 Å². The van der Waals surface area contributed by atoms with Gasteiger partial charge in [-0.25, -0.2) is 4.79 Å². The maximum atomic E-state index is 11.4. The molecule has 0 spiro atoms. The summed E-state index contributed by atoms with van der Waals surface area (Å²) in [4.78, 5) is 22.3. The molecule has 0 aliphatic heterocycles. The van der Waals surface area contributed by atoms with Gasteiger partial charge < -0.3 is 16.2 Å². The predicted molar refractivity (Wildman–Crippen MR) is 61.9 cm³/mol. The Kier molecular flexibility index (Phi) is 6.72. The summed E-state index contributed by atoms with van der Waals surface area (Å²) in [6, 6.07) is -0.726. The van der Waals surface area contributed by atoms with Crippen LogP contribution in [0, 0.1) is 5.92 Å². The van der Waals surface area contributed by atoms with Crippen LogP contribution >= 0.6 is 0 Å². The third kappa shape index (κ3) is 6.40. The Morgan fingerprint density at radius 1 is 1.31 bits per heavy atom. The van der Waals surface area contributed by atoms with Gasteiger partial charge in [0, 0.05) is 12.5 Å². The Morgan fingerprint density at radius 3 is 2.25 bits per heavy atom. The lowest BCUT2D eigenvalue weighted by atomic mass is 10.0. The molecule has 0 fully saturated rings. The van der Waals surface area contributed by atoms with Crippen LogP contribution in [-0.4, -0.2) is 29.1 Å². The van der Waals surface area contributed by atoms with Crippen molar-refractivity contribution >= 4 is 11.9 Å². The van der Waals surface area contributed by atoms with Gasteiger partial charge in [-0.1, -0.05) is 13.8 Å². The number of hydrogen-bond acceptors (Lipinski definition) is 3. The lowest BCUT2D eigenvalue weighted by molar-refractivity contribution is -0.143. The Hall–Kier alpha value is -1.10. The summed E-state index contributed by atoms with van der Waals surface area (Å²) in [6.45, 7) is 5.41. The molecule has 0 saturated heterocycles. The van der Waals surface area contributed by atoms with Crippen molar-refractivity contribution in [2.75, 3.05) is 0 Å². The summed E-state index contributed by atoms with van der Waals surface area (Å²) < 4.78 is 0. The number of carbonyl (C=O) groups is 2. The molecule has 0 radical (unpaired) electrons. The number of nitrogens with two attached hydrogens (primary N) is 1. The third-order valence-electron chi connectivity index (χ3n) is 2.31. The maximum Gasteiger partial charge on any atom is 0.326 e. The highest BCUT2D eigenvalue weighted by molar-refractivity contribution is 5.83. The first kappa shape index (κ1) is 14.9. The van der Waals surface area contributed by atoms with E-state index in [9.17, 15) is 9.59 Å². The first-order valence-corrected chi connectivity index (χ1v) is 5.62. The zero-order valence-electron chi connectivity index (χ0n) is 10.2. The van der Waals surface area contributed by atoms with Crippen molar-refractivity contribution in [1.29, 1.82) is 0 Å². The number of hydrogen-bond donors (Lipinski definition) is 3. The van der Waals surface area contributed by atoms with Crippen LogP contribution in [0.5, 0.6) is 0 Å². The average molecular weight is 230 g/mol. The number of carboxylic acid groups (broad SMARTS) is 1. The summed E-state index contributed by atoms with van der Waals surface area (Å²) in [5.41, 5.74) is 5.55. The summed E-state index contributed by atoms with van der Waals surface area (Å²) >= 11 is 0. The first-order chi connectivity index (χ1) is 7.34. The normalized spacial score (nSPS) is 14.6. The molecule has 2 unspecified atom stereocenters. The number of carbonyl (C=O) groups excluding carboxylic acids is 1. The SMILES string of the molecule is CC(N)CCCC(=O)NC(C(=O)O)C(C)C. The van der Waals surface area contributed by atoms with Gasteiger partial charge in [-0.3, -0.25) is 4.79 Å². The summed E-state index contributed by atoms with van der Waals surface area (Å²) in [5, 5.41) is 11.4. The monoisotopic (exact) mass is 230 g/mol. The minimum atomic E-state index is -0.990. The lowest BCUT2D eigenvalue weighted by Crippen LogP contribution is -2.44. The van der Waals surface area contributed by atoms with Gasteiger partial charge in [-0.05, 0) is 25.7 Å². The van der Waals surface area contributed by atoms with Crippen molar-refractivity contribution in [3.05, 3.63) is 0 Å².